The largest absolute Gasteiger partial charge is 1.00 e. The van der Waals surface area contributed by atoms with Gasteiger partial charge in [-0.15, -0.1) is 23.1 Å². The number of thioether (sulfide) groups is 1. The first-order valence-corrected chi connectivity index (χ1v) is 14.2. The molecule has 0 amide bonds. The summed E-state index contributed by atoms with van der Waals surface area (Å²) in [6.07, 6.45) is 4.00. The summed E-state index contributed by atoms with van der Waals surface area (Å²) in [6, 6.07) is 19.8. The van der Waals surface area contributed by atoms with Crippen LogP contribution in [-0.4, -0.2) is 18.4 Å². The van der Waals surface area contributed by atoms with E-state index in [0.29, 0.717) is 22.6 Å². The predicted molar refractivity (Wildman–Crippen MR) is 149 cm³/mol. The molecule has 0 aliphatic carbocycles. The summed E-state index contributed by atoms with van der Waals surface area (Å²) in [5.74, 6) is 0.317. The van der Waals surface area contributed by atoms with Gasteiger partial charge in [0, 0.05) is 27.9 Å². The lowest BCUT2D eigenvalue weighted by molar-refractivity contribution is -0.598. The van der Waals surface area contributed by atoms with Crippen LogP contribution in [0.3, 0.4) is 0 Å². The summed E-state index contributed by atoms with van der Waals surface area (Å²) >= 11 is 6.57. The van der Waals surface area contributed by atoms with Crippen molar-refractivity contribution in [1.29, 1.82) is 0 Å². The standard InChI is InChI=1S/C29H27BrNO3S2.BrH/c1-4-34-25(32)17-24-26(31-15-13-20(3)14-16-31)29(35-18-21-7-5-19(2)6-8-21)36-28(24)27(33)22-9-11-23(30)12-10-22;/h5-16H,4,17-18H2,1-3H3;1H/q+1;/p-1. The maximum Gasteiger partial charge on any atom is 0.310 e. The maximum absolute atomic E-state index is 13.7. The van der Waals surface area contributed by atoms with Gasteiger partial charge in [0.25, 0.3) is 0 Å². The summed E-state index contributed by atoms with van der Waals surface area (Å²) in [5.41, 5.74) is 5.70. The van der Waals surface area contributed by atoms with Gasteiger partial charge in [0.05, 0.1) is 23.5 Å². The molecule has 0 fully saturated rings. The average molecular weight is 661 g/mol. The molecule has 192 valence electrons. The molecular formula is C29H27Br2NO3S2. The van der Waals surface area contributed by atoms with Gasteiger partial charge < -0.3 is 21.7 Å². The van der Waals surface area contributed by atoms with Crippen molar-refractivity contribution in [2.75, 3.05) is 6.61 Å². The number of nitrogens with zero attached hydrogens (tertiary/aromatic N) is 1. The Bertz CT molecular complexity index is 1370. The van der Waals surface area contributed by atoms with Crippen molar-refractivity contribution < 1.29 is 35.9 Å². The Hall–Kier alpha value is -2.26. The Kier molecular flexibility index (Phi) is 10.7. The molecule has 4 rings (SSSR count). The molecule has 0 saturated carbocycles. The van der Waals surface area contributed by atoms with E-state index >= 15 is 0 Å². The van der Waals surface area contributed by atoms with Gasteiger partial charge in [-0.05, 0) is 56.2 Å². The number of halogens is 2. The van der Waals surface area contributed by atoms with Crippen molar-refractivity contribution in [2.24, 2.45) is 0 Å². The predicted octanol–water partition coefficient (Wildman–Crippen LogP) is 4.04. The minimum absolute atomic E-state index is 0. The van der Waals surface area contributed by atoms with E-state index in [0.717, 1.165) is 25.7 Å². The SMILES string of the molecule is CCOC(=O)Cc1c(C(=O)c2ccc(Br)cc2)sc(SCc2ccc(C)cc2)c1-[n+]1ccc(C)cc1.[Br-]. The number of carbonyl (C=O) groups is 2. The Labute approximate surface area is 245 Å². The van der Waals surface area contributed by atoms with Crippen LogP contribution in [0.2, 0.25) is 0 Å². The van der Waals surface area contributed by atoms with Gasteiger partial charge in [-0.2, -0.15) is 4.57 Å². The molecule has 37 heavy (non-hydrogen) atoms. The van der Waals surface area contributed by atoms with E-state index in [1.807, 2.05) is 48.1 Å². The fourth-order valence-electron chi connectivity index (χ4n) is 3.71. The molecule has 4 aromatic rings. The Morgan fingerprint density at radius 1 is 0.946 bits per heavy atom. The Morgan fingerprint density at radius 3 is 2.19 bits per heavy atom. The van der Waals surface area contributed by atoms with Crippen LogP contribution in [0.25, 0.3) is 5.69 Å². The molecule has 4 nitrogen and oxygen atoms in total. The van der Waals surface area contributed by atoms with E-state index in [9.17, 15) is 9.59 Å². The van der Waals surface area contributed by atoms with Crippen LogP contribution in [0.5, 0.6) is 0 Å². The number of hydrogen-bond donors (Lipinski definition) is 0. The fraction of sp³-hybridized carbons (Fsp3) is 0.207. The third-order valence-corrected chi connectivity index (χ3v) is 8.71. The molecule has 2 heterocycles. The van der Waals surface area contributed by atoms with Crippen molar-refractivity contribution in [3.8, 4) is 5.69 Å². The van der Waals surface area contributed by atoms with E-state index in [4.69, 9.17) is 4.74 Å². The van der Waals surface area contributed by atoms with E-state index in [-0.39, 0.29) is 35.2 Å². The zero-order chi connectivity index (χ0) is 25.7. The zero-order valence-electron chi connectivity index (χ0n) is 20.8. The second-order valence-electron chi connectivity index (χ2n) is 8.42. The first kappa shape index (κ1) is 29.3. The first-order chi connectivity index (χ1) is 17.4. The van der Waals surface area contributed by atoms with Crippen LogP contribution in [0.1, 0.15) is 44.4 Å². The number of rotatable bonds is 9. The van der Waals surface area contributed by atoms with Crippen LogP contribution in [0.4, 0.5) is 0 Å². The van der Waals surface area contributed by atoms with Gasteiger partial charge in [-0.25, -0.2) is 0 Å². The lowest BCUT2D eigenvalue weighted by Gasteiger charge is -2.06. The maximum atomic E-state index is 13.7. The van der Waals surface area contributed by atoms with E-state index in [1.54, 1.807) is 30.8 Å². The number of carbonyl (C=O) groups excluding carboxylic acids is 2. The highest BCUT2D eigenvalue weighted by atomic mass is 79.9. The molecule has 0 spiro atoms. The highest BCUT2D eigenvalue weighted by molar-refractivity contribution is 9.10. The molecule has 0 atom stereocenters. The summed E-state index contributed by atoms with van der Waals surface area (Å²) in [7, 11) is 0. The first-order valence-electron chi connectivity index (χ1n) is 11.6. The Balaban J connectivity index is 0.00000380. The number of esters is 1. The monoisotopic (exact) mass is 659 g/mol. The highest BCUT2D eigenvalue weighted by Crippen LogP contribution is 2.40. The molecule has 2 aromatic carbocycles. The normalized spacial score (nSPS) is 10.6. The number of aryl methyl sites for hydroxylation is 2. The number of aromatic nitrogens is 1. The molecule has 0 radical (unpaired) electrons. The number of benzene rings is 2. The topological polar surface area (TPSA) is 47.3 Å². The van der Waals surface area contributed by atoms with Gasteiger partial charge in [-0.1, -0.05) is 45.8 Å². The minimum Gasteiger partial charge on any atom is -1.00 e. The zero-order valence-corrected chi connectivity index (χ0v) is 25.6. The van der Waals surface area contributed by atoms with E-state index in [1.165, 1.54) is 22.5 Å². The molecule has 0 N–H and O–H groups in total. The van der Waals surface area contributed by atoms with Gasteiger partial charge >= 0.3 is 5.97 Å². The summed E-state index contributed by atoms with van der Waals surface area (Å²) in [6.45, 7) is 6.19. The van der Waals surface area contributed by atoms with Gasteiger partial charge in [-0.3, -0.25) is 9.59 Å². The van der Waals surface area contributed by atoms with Gasteiger partial charge in [0.15, 0.2) is 12.4 Å². The highest BCUT2D eigenvalue weighted by Gasteiger charge is 2.31. The molecular weight excluding hydrogens is 634 g/mol. The second kappa shape index (κ2) is 13.5. The fourth-order valence-corrected chi connectivity index (χ4v) is 6.51. The minimum atomic E-state index is -0.343. The smallest absolute Gasteiger partial charge is 0.310 e. The number of thiophene rings is 1. The third kappa shape index (κ3) is 7.41. The lowest BCUT2D eigenvalue weighted by Crippen LogP contribution is -3.00. The molecule has 8 heteroatoms. The molecule has 0 aliphatic heterocycles. The van der Waals surface area contributed by atoms with Gasteiger partial charge in [0.1, 0.15) is 4.21 Å². The van der Waals surface area contributed by atoms with Crippen LogP contribution in [0.15, 0.2) is 81.7 Å². The third-order valence-electron chi connectivity index (χ3n) is 5.63. The molecule has 0 aliphatic rings. The average Bonchev–Trinajstić information content (AvgIpc) is 3.22. The van der Waals surface area contributed by atoms with Crippen LogP contribution >= 0.6 is 39.0 Å². The lowest BCUT2D eigenvalue weighted by atomic mass is 10.0. The van der Waals surface area contributed by atoms with E-state index in [2.05, 4.69) is 47.1 Å². The van der Waals surface area contributed by atoms with Crippen molar-refractivity contribution >= 4 is 50.8 Å². The van der Waals surface area contributed by atoms with Crippen LogP contribution < -0.4 is 21.5 Å². The summed E-state index contributed by atoms with van der Waals surface area (Å²) in [5, 5.41) is 0. The number of hydrogen-bond acceptors (Lipinski definition) is 5. The number of ketones is 1. The Morgan fingerprint density at radius 2 is 1.57 bits per heavy atom. The molecule has 0 unspecified atom stereocenters. The molecule has 2 aromatic heterocycles. The molecule has 0 saturated heterocycles. The quantitative estimate of drug-likeness (QED) is 0.118. The van der Waals surface area contributed by atoms with Crippen LogP contribution in [0, 0.1) is 13.8 Å². The van der Waals surface area contributed by atoms with Crippen molar-refractivity contribution in [1.82, 2.24) is 0 Å². The summed E-state index contributed by atoms with van der Waals surface area (Å²) < 4.78 is 9.20. The van der Waals surface area contributed by atoms with Crippen LogP contribution in [-0.2, 0) is 21.7 Å². The van der Waals surface area contributed by atoms with Crippen molar-refractivity contribution in [3.63, 3.8) is 0 Å². The van der Waals surface area contributed by atoms with Gasteiger partial charge in [0.2, 0.25) is 11.5 Å². The number of ether oxygens (including phenoxy) is 1. The van der Waals surface area contributed by atoms with Crippen molar-refractivity contribution in [2.45, 2.75) is 37.2 Å². The number of pyridine rings is 1. The molecule has 0 bridgehead atoms. The second-order valence-corrected chi connectivity index (χ2v) is 11.6. The summed E-state index contributed by atoms with van der Waals surface area (Å²) in [4.78, 5) is 26.9. The van der Waals surface area contributed by atoms with E-state index < -0.39 is 0 Å². The van der Waals surface area contributed by atoms with Crippen molar-refractivity contribution in [3.05, 3.63) is 110 Å².